The highest BCUT2D eigenvalue weighted by atomic mass is 19.2. The third kappa shape index (κ3) is 2.45. The first-order chi connectivity index (χ1) is 13.2. The molecule has 0 N–H and O–H groups in total. The molecule has 6 rings (SSSR count). The van der Waals surface area contributed by atoms with Crippen molar-refractivity contribution in [3.05, 3.63) is 59.3 Å². The quantitative estimate of drug-likeness (QED) is 0.818. The van der Waals surface area contributed by atoms with Crippen LogP contribution in [0.3, 0.4) is 0 Å². The Hall–Kier alpha value is -2.52. The SMILES string of the molecule is N#Cc1cccnc1N1C[C@H](c2cccc(F)c2F)[C@@H]2[C@H]1C1CCN2CC1. The molecule has 0 spiro atoms. The maximum absolute atomic E-state index is 14.6. The molecule has 0 amide bonds. The predicted molar refractivity (Wildman–Crippen MR) is 97.3 cm³/mol. The molecule has 3 atom stereocenters. The normalized spacial score (nSPS) is 31.6. The standard InChI is InChI=1S/C21H20F2N4/c22-17-5-1-4-15(18(17)23)16-12-27(21-14(11-24)3-2-8-25-21)19-13-6-9-26(10-7-13)20(16)19/h1-5,8,13,16,19-20H,6-7,9-10,12H2/t16-,19-,20-/m1/s1. The predicted octanol–water partition coefficient (Wildman–Crippen LogP) is 3.30. The van der Waals surface area contributed by atoms with Crippen molar-refractivity contribution in [1.82, 2.24) is 9.88 Å². The number of halogens is 2. The summed E-state index contributed by atoms with van der Waals surface area (Å²) in [6.45, 7) is 2.55. The summed E-state index contributed by atoms with van der Waals surface area (Å²) < 4.78 is 28.6. The third-order valence-corrected chi connectivity index (χ3v) is 6.55. The minimum absolute atomic E-state index is 0.127. The van der Waals surface area contributed by atoms with Gasteiger partial charge in [-0.25, -0.2) is 13.8 Å². The molecule has 1 aromatic carbocycles. The van der Waals surface area contributed by atoms with Gasteiger partial charge in [0.1, 0.15) is 11.9 Å². The van der Waals surface area contributed by atoms with Crippen molar-refractivity contribution in [3.8, 4) is 6.07 Å². The lowest BCUT2D eigenvalue weighted by Gasteiger charge is -2.51. The Bertz CT molecular complexity index is 917. The molecule has 138 valence electrons. The van der Waals surface area contributed by atoms with Gasteiger partial charge in [-0.15, -0.1) is 0 Å². The van der Waals surface area contributed by atoms with Crippen molar-refractivity contribution in [2.75, 3.05) is 24.5 Å². The number of piperidine rings is 3. The summed E-state index contributed by atoms with van der Waals surface area (Å²) in [5.74, 6) is -0.512. The Balaban J connectivity index is 1.62. The fourth-order valence-corrected chi connectivity index (χ4v) is 5.46. The number of hydrogen-bond donors (Lipinski definition) is 0. The van der Waals surface area contributed by atoms with Crippen molar-refractivity contribution >= 4 is 5.82 Å². The summed E-state index contributed by atoms with van der Waals surface area (Å²) in [5.41, 5.74) is 0.975. The van der Waals surface area contributed by atoms with E-state index in [1.165, 1.54) is 6.07 Å². The Labute approximate surface area is 157 Å². The summed E-state index contributed by atoms with van der Waals surface area (Å²) >= 11 is 0. The maximum Gasteiger partial charge on any atom is 0.162 e. The molecule has 4 nitrogen and oxygen atoms in total. The molecule has 2 aromatic rings. The number of nitrogens with zero attached hydrogens (tertiary/aromatic N) is 4. The third-order valence-electron chi connectivity index (χ3n) is 6.55. The van der Waals surface area contributed by atoms with Gasteiger partial charge < -0.3 is 4.90 Å². The molecule has 2 bridgehead atoms. The van der Waals surface area contributed by atoms with Gasteiger partial charge in [0.15, 0.2) is 11.6 Å². The van der Waals surface area contributed by atoms with Crippen LogP contribution in [0.4, 0.5) is 14.6 Å². The Kier molecular flexibility index (Phi) is 3.87. The van der Waals surface area contributed by atoms with Crippen LogP contribution in [0.5, 0.6) is 0 Å². The number of anilines is 1. The number of benzene rings is 1. The summed E-state index contributed by atoms with van der Waals surface area (Å²) in [7, 11) is 0. The first-order valence-corrected chi connectivity index (χ1v) is 9.48. The van der Waals surface area contributed by atoms with Gasteiger partial charge in [-0.05, 0) is 55.6 Å². The molecule has 1 aromatic heterocycles. The van der Waals surface area contributed by atoms with E-state index in [0.29, 0.717) is 29.4 Å². The Morgan fingerprint density at radius 3 is 2.67 bits per heavy atom. The smallest absolute Gasteiger partial charge is 0.162 e. The highest BCUT2D eigenvalue weighted by molar-refractivity contribution is 5.57. The molecule has 5 heterocycles. The van der Waals surface area contributed by atoms with Crippen LogP contribution in [0.2, 0.25) is 0 Å². The number of aromatic nitrogens is 1. The number of hydrogen-bond acceptors (Lipinski definition) is 4. The zero-order valence-corrected chi connectivity index (χ0v) is 14.9. The average molecular weight is 366 g/mol. The van der Waals surface area contributed by atoms with Crippen LogP contribution in [-0.2, 0) is 0 Å². The van der Waals surface area contributed by atoms with Gasteiger partial charge in [0.25, 0.3) is 0 Å². The molecule has 0 unspecified atom stereocenters. The van der Waals surface area contributed by atoms with Crippen LogP contribution < -0.4 is 4.90 Å². The summed E-state index contributed by atoms with van der Waals surface area (Å²) in [4.78, 5) is 9.11. The van der Waals surface area contributed by atoms with Gasteiger partial charge >= 0.3 is 0 Å². The highest BCUT2D eigenvalue weighted by Gasteiger charge is 2.54. The number of pyridine rings is 1. The molecule has 4 aliphatic rings. The highest BCUT2D eigenvalue weighted by Crippen LogP contribution is 2.48. The molecule has 4 saturated heterocycles. The molecule has 27 heavy (non-hydrogen) atoms. The topological polar surface area (TPSA) is 43.2 Å². The van der Waals surface area contributed by atoms with Gasteiger partial charge in [-0.1, -0.05) is 12.1 Å². The lowest BCUT2D eigenvalue weighted by molar-refractivity contribution is 0.0350. The Morgan fingerprint density at radius 1 is 1.07 bits per heavy atom. The lowest BCUT2D eigenvalue weighted by atomic mass is 9.75. The first kappa shape index (κ1) is 16.6. The summed E-state index contributed by atoms with van der Waals surface area (Å²) in [6.07, 6.45) is 3.90. The minimum Gasteiger partial charge on any atom is -0.350 e. The summed E-state index contributed by atoms with van der Waals surface area (Å²) in [6, 6.07) is 10.5. The molecule has 4 aliphatic heterocycles. The average Bonchev–Trinajstić information content (AvgIpc) is 3.13. The van der Waals surface area contributed by atoms with Crippen molar-refractivity contribution in [3.63, 3.8) is 0 Å². The van der Waals surface area contributed by atoms with Crippen LogP contribution in [-0.4, -0.2) is 41.6 Å². The van der Waals surface area contributed by atoms with Crippen molar-refractivity contribution < 1.29 is 8.78 Å². The van der Waals surface area contributed by atoms with Gasteiger partial charge in [0.2, 0.25) is 0 Å². The number of nitriles is 1. The lowest BCUT2D eigenvalue weighted by Crippen LogP contribution is -2.60. The molecule has 0 aliphatic carbocycles. The van der Waals surface area contributed by atoms with Crippen LogP contribution in [0.1, 0.15) is 29.9 Å². The van der Waals surface area contributed by atoms with E-state index in [0.717, 1.165) is 25.9 Å². The van der Waals surface area contributed by atoms with E-state index in [4.69, 9.17) is 0 Å². The molecular weight excluding hydrogens is 346 g/mol. The minimum atomic E-state index is -0.797. The van der Waals surface area contributed by atoms with E-state index in [9.17, 15) is 14.0 Å². The van der Waals surface area contributed by atoms with Crippen LogP contribution in [0, 0.1) is 28.9 Å². The largest absolute Gasteiger partial charge is 0.350 e. The Morgan fingerprint density at radius 2 is 1.89 bits per heavy atom. The van der Waals surface area contributed by atoms with Crippen molar-refractivity contribution in [1.29, 1.82) is 5.26 Å². The van der Waals surface area contributed by atoms with E-state index in [2.05, 4.69) is 20.9 Å². The van der Waals surface area contributed by atoms with E-state index >= 15 is 0 Å². The van der Waals surface area contributed by atoms with Gasteiger partial charge in [0, 0.05) is 30.7 Å². The molecule has 4 fully saturated rings. The molecule has 6 heteroatoms. The monoisotopic (exact) mass is 366 g/mol. The van der Waals surface area contributed by atoms with Crippen LogP contribution >= 0.6 is 0 Å². The number of fused-ring (bicyclic) bond motifs is 2. The molecule has 0 radical (unpaired) electrons. The number of rotatable bonds is 2. The van der Waals surface area contributed by atoms with E-state index in [1.807, 2.05) is 0 Å². The van der Waals surface area contributed by atoms with Gasteiger partial charge in [0.05, 0.1) is 5.56 Å². The van der Waals surface area contributed by atoms with Crippen molar-refractivity contribution in [2.24, 2.45) is 5.92 Å². The van der Waals surface area contributed by atoms with Crippen LogP contribution in [0.25, 0.3) is 0 Å². The van der Waals surface area contributed by atoms with Gasteiger partial charge in [-0.2, -0.15) is 5.26 Å². The fourth-order valence-electron chi connectivity index (χ4n) is 5.46. The van der Waals surface area contributed by atoms with E-state index < -0.39 is 11.6 Å². The molecular formula is C21H20F2N4. The van der Waals surface area contributed by atoms with E-state index in [1.54, 1.807) is 30.5 Å². The second kappa shape index (κ2) is 6.28. The second-order valence-corrected chi connectivity index (χ2v) is 7.74. The zero-order valence-electron chi connectivity index (χ0n) is 14.9. The van der Waals surface area contributed by atoms with Gasteiger partial charge in [-0.3, -0.25) is 4.90 Å². The molecule has 0 saturated carbocycles. The van der Waals surface area contributed by atoms with Crippen molar-refractivity contribution in [2.45, 2.75) is 30.8 Å². The first-order valence-electron chi connectivity index (χ1n) is 9.48. The van der Waals surface area contributed by atoms with E-state index in [-0.39, 0.29) is 18.0 Å². The zero-order chi connectivity index (χ0) is 18.5. The summed E-state index contributed by atoms with van der Waals surface area (Å²) in [5, 5.41) is 9.53. The maximum atomic E-state index is 14.6. The second-order valence-electron chi connectivity index (χ2n) is 7.74. The van der Waals surface area contributed by atoms with Crippen LogP contribution in [0.15, 0.2) is 36.5 Å². The fraction of sp³-hybridized carbons (Fsp3) is 0.429.